The van der Waals surface area contributed by atoms with Crippen LogP contribution in [-0.4, -0.2) is 19.4 Å². The maximum atomic E-state index is 11.2. The molecule has 0 saturated heterocycles. The molecule has 0 radical (unpaired) electrons. The normalized spacial score (nSPS) is 11.9. The molecule has 0 amide bonds. The highest BCUT2D eigenvalue weighted by Gasteiger charge is 2.06. The molecule has 0 spiro atoms. The Labute approximate surface area is 95.4 Å². The molecule has 0 aliphatic rings. The highest BCUT2D eigenvalue weighted by Crippen LogP contribution is 2.12. The lowest BCUT2D eigenvalue weighted by molar-refractivity contribution is -0.108. The van der Waals surface area contributed by atoms with Gasteiger partial charge >= 0.3 is 5.97 Å². The molecule has 1 unspecified atom stereocenters. The summed E-state index contributed by atoms with van der Waals surface area (Å²) in [5.41, 5.74) is 1.68. The van der Waals surface area contributed by atoms with Crippen molar-refractivity contribution in [3.8, 4) is 0 Å². The fourth-order valence-corrected chi connectivity index (χ4v) is 1.54. The van der Waals surface area contributed by atoms with Gasteiger partial charge in [-0.25, -0.2) is 4.79 Å². The smallest absolute Gasteiger partial charge is 0.337 e. The van der Waals surface area contributed by atoms with Crippen LogP contribution in [0.3, 0.4) is 0 Å². The fraction of sp³-hybridized carbons (Fsp3) is 0.385. The number of hydrogen-bond donors (Lipinski definition) is 0. The van der Waals surface area contributed by atoms with E-state index in [1.807, 2.05) is 19.1 Å². The molecule has 0 aromatic heterocycles. The van der Waals surface area contributed by atoms with Gasteiger partial charge in [-0.2, -0.15) is 0 Å². The molecule has 1 atom stereocenters. The Kier molecular flexibility index (Phi) is 4.70. The average Bonchev–Trinajstić information content (AvgIpc) is 2.29. The molecule has 3 nitrogen and oxygen atoms in total. The molecule has 86 valence electrons. The van der Waals surface area contributed by atoms with Crippen molar-refractivity contribution in [3.63, 3.8) is 0 Å². The largest absolute Gasteiger partial charge is 0.465 e. The van der Waals surface area contributed by atoms with Crippen molar-refractivity contribution < 1.29 is 14.3 Å². The number of methoxy groups -OCH3 is 1. The van der Waals surface area contributed by atoms with Crippen molar-refractivity contribution in [2.24, 2.45) is 5.92 Å². The van der Waals surface area contributed by atoms with Gasteiger partial charge in [0, 0.05) is 6.42 Å². The highest BCUT2D eigenvalue weighted by atomic mass is 16.5. The minimum atomic E-state index is -0.326. The first-order valence-electron chi connectivity index (χ1n) is 5.28. The molecular formula is C13H16O3. The van der Waals surface area contributed by atoms with Gasteiger partial charge < -0.3 is 9.53 Å². The lowest BCUT2D eigenvalue weighted by Gasteiger charge is -2.07. The third kappa shape index (κ3) is 3.50. The third-order valence-electron chi connectivity index (χ3n) is 2.46. The van der Waals surface area contributed by atoms with Crippen LogP contribution in [0.4, 0.5) is 0 Å². The van der Waals surface area contributed by atoms with Crippen LogP contribution in [0.1, 0.15) is 29.3 Å². The van der Waals surface area contributed by atoms with Crippen molar-refractivity contribution in [1.82, 2.24) is 0 Å². The SMILES string of the molecule is COC(=O)c1ccc(CC(C)CC=O)cc1. The van der Waals surface area contributed by atoms with Gasteiger partial charge in [-0.1, -0.05) is 19.1 Å². The average molecular weight is 220 g/mol. The molecule has 1 rings (SSSR count). The zero-order valence-corrected chi connectivity index (χ0v) is 9.60. The topological polar surface area (TPSA) is 43.4 Å². The predicted molar refractivity (Wildman–Crippen MR) is 61.3 cm³/mol. The molecule has 0 N–H and O–H groups in total. The molecule has 1 aromatic rings. The first kappa shape index (κ1) is 12.4. The molecule has 16 heavy (non-hydrogen) atoms. The minimum absolute atomic E-state index is 0.326. The van der Waals surface area contributed by atoms with Crippen LogP contribution in [0.5, 0.6) is 0 Å². The van der Waals surface area contributed by atoms with E-state index in [4.69, 9.17) is 0 Å². The number of rotatable bonds is 5. The Bertz CT molecular complexity index is 354. The number of ether oxygens (including phenoxy) is 1. The van der Waals surface area contributed by atoms with Crippen molar-refractivity contribution in [2.75, 3.05) is 7.11 Å². The van der Waals surface area contributed by atoms with E-state index < -0.39 is 0 Å². The van der Waals surface area contributed by atoms with Gasteiger partial charge in [-0.05, 0) is 30.0 Å². The highest BCUT2D eigenvalue weighted by molar-refractivity contribution is 5.89. The second kappa shape index (κ2) is 6.05. The van der Waals surface area contributed by atoms with Gasteiger partial charge in [0.15, 0.2) is 0 Å². The van der Waals surface area contributed by atoms with Crippen molar-refractivity contribution in [1.29, 1.82) is 0 Å². The van der Waals surface area contributed by atoms with E-state index in [9.17, 15) is 9.59 Å². The zero-order valence-electron chi connectivity index (χ0n) is 9.60. The van der Waals surface area contributed by atoms with Crippen LogP contribution in [-0.2, 0) is 16.0 Å². The van der Waals surface area contributed by atoms with E-state index in [-0.39, 0.29) is 5.97 Å². The second-order valence-corrected chi connectivity index (χ2v) is 3.90. The Morgan fingerprint density at radius 1 is 1.38 bits per heavy atom. The predicted octanol–water partition coefficient (Wildman–Crippen LogP) is 2.24. The van der Waals surface area contributed by atoms with Gasteiger partial charge in [-0.3, -0.25) is 0 Å². The molecule has 1 aromatic carbocycles. The van der Waals surface area contributed by atoms with E-state index in [2.05, 4.69) is 4.74 Å². The Balaban J connectivity index is 2.64. The number of esters is 1. The number of hydrogen-bond acceptors (Lipinski definition) is 3. The summed E-state index contributed by atoms with van der Waals surface area (Å²) < 4.78 is 4.61. The van der Waals surface area contributed by atoms with E-state index in [1.165, 1.54) is 7.11 Å². The number of aldehydes is 1. The van der Waals surface area contributed by atoms with Crippen molar-refractivity contribution in [3.05, 3.63) is 35.4 Å². The summed E-state index contributed by atoms with van der Waals surface area (Å²) in [6, 6.07) is 7.28. The van der Waals surface area contributed by atoms with Gasteiger partial charge in [0.05, 0.1) is 12.7 Å². The lowest BCUT2D eigenvalue weighted by atomic mass is 9.98. The van der Waals surface area contributed by atoms with E-state index >= 15 is 0 Å². The number of carbonyl (C=O) groups is 2. The molecule has 0 heterocycles. The van der Waals surface area contributed by atoms with Crippen LogP contribution in [0.15, 0.2) is 24.3 Å². The summed E-state index contributed by atoms with van der Waals surface area (Å²) in [4.78, 5) is 21.5. The monoisotopic (exact) mass is 220 g/mol. The van der Waals surface area contributed by atoms with E-state index in [0.717, 1.165) is 18.3 Å². The van der Waals surface area contributed by atoms with Gasteiger partial charge in [0.25, 0.3) is 0 Å². The van der Waals surface area contributed by atoms with E-state index in [1.54, 1.807) is 12.1 Å². The summed E-state index contributed by atoms with van der Waals surface area (Å²) in [7, 11) is 1.36. The first-order valence-corrected chi connectivity index (χ1v) is 5.28. The lowest BCUT2D eigenvalue weighted by Crippen LogP contribution is -2.03. The Hall–Kier alpha value is -1.64. The Morgan fingerprint density at radius 3 is 2.50 bits per heavy atom. The molecule has 0 aliphatic carbocycles. The minimum Gasteiger partial charge on any atom is -0.465 e. The van der Waals surface area contributed by atoms with Gasteiger partial charge in [-0.15, -0.1) is 0 Å². The first-order chi connectivity index (χ1) is 7.67. The quantitative estimate of drug-likeness (QED) is 0.564. The molecule has 0 saturated carbocycles. The summed E-state index contributed by atoms with van der Waals surface area (Å²) in [6.07, 6.45) is 2.35. The fourth-order valence-electron chi connectivity index (χ4n) is 1.54. The molecular weight excluding hydrogens is 204 g/mol. The Morgan fingerprint density at radius 2 is 2.00 bits per heavy atom. The van der Waals surface area contributed by atoms with Crippen LogP contribution in [0, 0.1) is 5.92 Å². The van der Waals surface area contributed by atoms with Gasteiger partial charge in [0.1, 0.15) is 6.29 Å². The summed E-state index contributed by atoms with van der Waals surface area (Å²) in [6.45, 7) is 2.03. The molecule has 0 aliphatic heterocycles. The summed E-state index contributed by atoms with van der Waals surface area (Å²) in [5, 5.41) is 0. The molecule has 3 heteroatoms. The zero-order chi connectivity index (χ0) is 12.0. The van der Waals surface area contributed by atoms with Crippen LogP contribution in [0.2, 0.25) is 0 Å². The maximum absolute atomic E-state index is 11.2. The van der Waals surface area contributed by atoms with Crippen LogP contribution < -0.4 is 0 Å². The molecule has 0 bridgehead atoms. The van der Waals surface area contributed by atoms with Crippen LogP contribution >= 0.6 is 0 Å². The third-order valence-corrected chi connectivity index (χ3v) is 2.46. The second-order valence-electron chi connectivity index (χ2n) is 3.90. The number of carbonyl (C=O) groups excluding carboxylic acids is 2. The van der Waals surface area contributed by atoms with E-state index in [0.29, 0.717) is 17.9 Å². The summed E-state index contributed by atoms with van der Waals surface area (Å²) in [5.74, 6) is 0.00830. The molecule has 0 fully saturated rings. The van der Waals surface area contributed by atoms with Crippen molar-refractivity contribution >= 4 is 12.3 Å². The summed E-state index contributed by atoms with van der Waals surface area (Å²) >= 11 is 0. The number of benzene rings is 1. The van der Waals surface area contributed by atoms with Crippen molar-refractivity contribution in [2.45, 2.75) is 19.8 Å². The maximum Gasteiger partial charge on any atom is 0.337 e. The van der Waals surface area contributed by atoms with Gasteiger partial charge in [0.2, 0.25) is 0 Å². The van der Waals surface area contributed by atoms with Crippen LogP contribution in [0.25, 0.3) is 0 Å². The standard InChI is InChI=1S/C13H16O3/c1-10(7-8-14)9-11-3-5-12(6-4-11)13(15)16-2/h3-6,8,10H,7,9H2,1-2H3.